The number of carbonyl (C=O) groups is 2. The van der Waals surface area contributed by atoms with Crippen molar-refractivity contribution in [2.75, 3.05) is 5.73 Å². The summed E-state index contributed by atoms with van der Waals surface area (Å²) in [6, 6.07) is 4.53. The first-order valence-corrected chi connectivity index (χ1v) is 6.81. The Kier molecular flexibility index (Phi) is 5.82. The van der Waals surface area contributed by atoms with E-state index < -0.39 is 5.97 Å². The number of nitrogen functional groups attached to an aromatic ring is 1. The summed E-state index contributed by atoms with van der Waals surface area (Å²) >= 11 is 3.25. The molecule has 4 N–H and O–H groups in total. The van der Waals surface area contributed by atoms with Crippen molar-refractivity contribution in [3.63, 3.8) is 0 Å². The number of anilines is 1. The summed E-state index contributed by atoms with van der Waals surface area (Å²) in [5, 5.41) is 11.5. The van der Waals surface area contributed by atoms with Crippen LogP contribution in [0, 0.1) is 0 Å². The van der Waals surface area contributed by atoms with Gasteiger partial charge in [-0.3, -0.25) is 9.59 Å². The van der Waals surface area contributed by atoms with Gasteiger partial charge >= 0.3 is 5.97 Å². The topological polar surface area (TPSA) is 92.4 Å². The van der Waals surface area contributed by atoms with Crippen LogP contribution in [0.5, 0.6) is 0 Å². The number of aliphatic carboxylic acids is 1. The van der Waals surface area contributed by atoms with Crippen LogP contribution in [0.1, 0.15) is 36.5 Å². The van der Waals surface area contributed by atoms with E-state index in [9.17, 15) is 9.59 Å². The Morgan fingerprint density at radius 2 is 2.16 bits per heavy atom. The molecule has 19 heavy (non-hydrogen) atoms. The van der Waals surface area contributed by atoms with Gasteiger partial charge in [0.1, 0.15) is 0 Å². The molecule has 1 amide bonds. The Bertz CT molecular complexity index is 477. The quantitative estimate of drug-likeness (QED) is 0.699. The number of carbonyl (C=O) groups excluding carboxylic acids is 1. The summed E-state index contributed by atoms with van der Waals surface area (Å²) in [5.74, 6) is -1.23. The number of halogens is 1. The number of nitrogens with two attached hydrogens (primary N) is 1. The smallest absolute Gasteiger partial charge is 0.305 e. The van der Waals surface area contributed by atoms with E-state index in [4.69, 9.17) is 10.8 Å². The van der Waals surface area contributed by atoms with E-state index in [1.807, 2.05) is 6.92 Å². The summed E-state index contributed by atoms with van der Waals surface area (Å²) in [7, 11) is 0. The fourth-order valence-electron chi connectivity index (χ4n) is 1.74. The van der Waals surface area contributed by atoms with E-state index in [1.54, 1.807) is 18.2 Å². The first-order valence-electron chi connectivity index (χ1n) is 6.01. The first-order chi connectivity index (χ1) is 8.93. The minimum Gasteiger partial charge on any atom is -0.481 e. The third-order valence-electron chi connectivity index (χ3n) is 2.65. The highest BCUT2D eigenvalue weighted by atomic mass is 79.9. The molecule has 5 nitrogen and oxygen atoms in total. The van der Waals surface area contributed by atoms with Gasteiger partial charge in [0.05, 0.1) is 6.42 Å². The zero-order valence-corrected chi connectivity index (χ0v) is 12.2. The number of carboxylic acid groups (broad SMARTS) is 1. The molecule has 0 aliphatic heterocycles. The second-order valence-corrected chi connectivity index (χ2v) is 5.15. The van der Waals surface area contributed by atoms with Gasteiger partial charge in [-0.1, -0.05) is 13.3 Å². The molecule has 1 aromatic carbocycles. The molecule has 1 aromatic rings. The summed E-state index contributed by atoms with van der Waals surface area (Å²) in [4.78, 5) is 22.7. The van der Waals surface area contributed by atoms with Crippen molar-refractivity contribution in [1.29, 1.82) is 0 Å². The maximum Gasteiger partial charge on any atom is 0.305 e. The molecule has 0 aliphatic carbocycles. The molecule has 0 saturated carbocycles. The van der Waals surface area contributed by atoms with Crippen LogP contribution in [0.15, 0.2) is 22.7 Å². The van der Waals surface area contributed by atoms with Gasteiger partial charge < -0.3 is 16.2 Å². The van der Waals surface area contributed by atoms with E-state index in [1.165, 1.54) is 0 Å². The molecular formula is C13H17BrN2O3. The minimum atomic E-state index is -0.922. The lowest BCUT2D eigenvalue weighted by atomic mass is 10.1. The molecule has 1 unspecified atom stereocenters. The number of amides is 1. The Morgan fingerprint density at radius 3 is 2.68 bits per heavy atom. The third-order valence-corrected chi connectivity index (χ3v) is 3.37. The maximum atomic E-state index is 12.0. The van der Waals surface area contributed by atoms with Crippen molar-refractivity contribution >= 4 is 33.5 Å². The molecule has 0 fully saturated rings. The van der Waals surface area contributed by atoms with Crippen molar-refractivity contribution in [3.05, 3.63) is 28.2 Å². The molecule has 0 spiro atoms. The second-order valence-electron chi connectivity index (χ2n) is 4.29. The molecule has 0 bridgehead atoms. The normalized spacial score (nSPS) is 11.9. The highest BCUT2D eigenvalue weighted by Gasteiger charge is 2.16. The molecule has 1 atom stereocenters. The number of rotatable bonds is 6. The molecule has 0 aromatic heterocycles. The zero-order chi connectivity index (χ0) is 14.4. The van der Waals surface area contributed by atoms with Crippen molar-refractivity contribution in [1.82, 2.24) is 5.32 Å². The van der Waals surface area contributed by atoms with Crippen LogP contribution in [0.2, 0.25) is 0 Å². The van der Waals surface area contributed by atoms with E-state index in [2.05, 4.69) is 21.2 Å². The number of hydrogen-bond acceptors (Lipinski definition) is 3. The summed E-state index contributed by atoms with van der Waals surface area (Å²) in [5.41, 5.74) is 6.60. The van der Waals surface area contributed by atoms with Crippen LogP contribution in [-0.2, 0) is 4.79 Å². The first kappa shape index (κ1) is 15.5. The number of nitrogens with one attached hydrogen (secondary N) is 1. The monoisotopic (exact) mass is 328 g/mol. The lowest BCUT2D eigenvalue weighted by molar-refractivity contribution is -0.137. The van der Waals surface area contributed by atoms with Gasteiger partial charge in [0, 0.05) is 21.8 Å². The van der Waals surface area contributed by atoms with Gasteiger partial charge in [0.2, 0.25) is 0 Å². The van der Waals surface area contributed by atoms with Gasteiger partial charge in [-0.25, -0.2) is 0 Å². The summed E-state index contributed by atoms with van der Waals surface area (Å²) in [6.45, 7) is 1.94. The Hall–Kier alpha value is -1.56. The van der Waals surface area contributed by atoms with Gasteiger partial charge in [0.15, 0.2) is 0 Å². The molecule has 104 valence electrons. The molecule has 6 heteroatoms. The van der Waals surface area contributed by atoms with Crippen LogP contribution in [0.4, 0.5) is 5.69 Å². The zero-order valence-electron chi connectivity index (χ0n) is 10.6. The Balaban J connectivity index is 2.75. The molecule has 1 rings (SSSR count). The predicted molar refractivity (Wildman–Crippen MR) is 77.0 cm³/mol. The van der Waals surface area contributed by atoms with Crippen molar-refractivity contribution < 1.29 is 14.7 Å². The SMILES string of the molecule is CCCC(CC(=O)O)NC(=O)c1ccc(Br)c(N)c1. The van der Waals surface area contributed by atoms with E-state index >= 15 is 0 Å². The third kappa shape index (κ3) is 4.90. The minimum absolute atomic E-state index is 0.0778. The largest absolute Gasteiger partial charge is 0.481 e. The fourth-order valence-corrected chi connectivity index (χ4v) is 1.98. The van der Waals surface area contributed by atoms with Gasteiger partial charge in [0.25, 0.3) is 5.91 Å². The van der Waals surface area contributed by atoms with Crippen molar-refractivity contribution in [2.45, 2.75) is 32.2 Å². The van der Waals surface area contributed by atoms with Crippen LogP contribution < -0.4 is 11.1 Å². The van der Waals surface area contributed by atoms with Crippen LogP contribution in [-0.4, -0.2) is 23.0 Å². The standard InChI is InChI=1S/C13H17BrN2O3/c1-2-3-9(7-12(17)18)16-13(19)8-4-5-10(14)11(15)6-8/h4-6,9H,2-3,7,15H2,1H3,(H,16,19)(H,17,18). The van der Waals surface area contributed by atoms with Crippen molar-refractivity contribution in [3.8, 4) is 0 Å². The van der Waals surface area contributed by atoms with Crippen LogP contribution in [0.25, 0.3) is 0 Å². The second kappa shape index (κ2) is 7.13. The molecular weight excluding hydrogens is 312 g/mol. The number of carboxylic acids is 1. The van der Waals surface area contributed by atoms with Gasteiger partial charge in [-0.15, -0.1) is 0 Å². The van der Waals surface area contributed by atoms with E-state index in [0.717, 1.165) is 10.9 Å². The molecule has 0 heterocycles. The van der Waals surface area contributed by atoms with E-state index in [0.29, 0.717) is 17.7 Å². The molecule has 0 radical (unpaired) electrons. The molecule has 0 aliphatic rings. The lowest BCUT2D eigenvalue weighted by Gasteiger charge is -2.16. The average Bonchev–Trinajstić information content (AvgIpc) is 2.32. The average molecular weight is 329 g/mol. The lowest BCUT2D eigenvalue weighted by Crippen LogP contribution is -2.36. The van der Waals surface area contributed by atoms with Gasteiger partial charge in [-0.05, 0) is 40.5 Å². The van der Waals surface area contributed by atoms with Gasteiger partial charge in [-0.2, -0.15) is 0 Å². The number of hydrogen-bond donors (Lipinski definition) is 3. The van der Waals surface area contributed by atoms with E-state index in [-0.39, 0.29) is 18.4 Å². The predicted octanol–water partition coefficient (Wildman–Crippen LogP) is 2.40. The van der Waals surface area contributed by atoms with Crippen molar-refractivity contribution in [2.24, 2.45) is 0 Å². The Labute approximate surface area is 120 Å². The summed E-state index contributed by atoms with van der Waals surface area (Å²) in [6.07, 6.45) is 1.36. The fraction of sp³-hybridized carbons (Fsp3) is 0.385. The number of benzene rings is 1. The maximum absolute atomic E-state index is 12.0. The molecule has 0 saturated heterocycles. The van der Waals surface area contributed by atoms with Crippen LogP contribution >= 0.6 is 15.9 Å². The Morgan fingerprint density at radius 1 is 1.47 bits per heavy atom. The summed E-state index contributed by atoms with van der Waals surface area (Å²) < 4.78 is 0.722. The highest BCUT2D eigenvalue weighted by molar-refractivity contribution is 9.10. The van der Waals surface area contributed by atoms with Crippen LogP contribution in [0.3, 0.4) is 0 Å². The highest BCUT2D eigenvalue weighted by Crippen LogP contribution is 2.20.